The molecule has 0 aliphatic rings. The lowest BCUT2D eigenvalue weighted by Crippen LogP contribution is -2.38. The first-order valence-electron chi connectivity index (χ1n) is 10.6. The molecule has 5 nitrogen and oxygen atoms in total. The number of nitrogens with zero attached hydrogens (tertiary/aromatic N) is 1. The Labute approximate surface area is 191 Å². The lowest BCUT2D eigenvalue weighted by molar-refractivity contribution is -0.114. The molecule has 1 amide bonds. The summed E-state index contributed by atoms with van der Waals surface area (Å²) in [5.74, 6) is -0.0773. The van der Waals surface area contributed by atoms with E-state index in [1.807, 2.05) is 45.0 Å². The van der Waals surface area contributed by atoms with Crippen molar-refractivity contribution in [2.45, 2.75) is 45.4 Å². The van der Waals surface area contributed by atoms with Gasteiger partial charge in [0.05, 0.1) is 10.6 Å². The molecule has 0 fully saturated rings. The van der Waals surface area contributed by atoms with E-state index in [1.165, 1.54) is 16.4 Å². The van der Waals surface area contributed by atoms with Crippen LogP contribution in [-0.4, -0.2) is 20.9 Å². The van der Waals surface area contributed by atoms with Crippen molar-refractivity contribution in [3.63, 3.8) is 0 Å². The van der Waals surface area contributed by atoms with Crippen LogP contribution in [0.5, 0.6) is 0 Å². The highest BCUT2D eigenvalue weighted by atomic mass is 32.2. The zero-order valence-electron chi connectivity index (χ0n) is 19.2. The van der Waals surface area contributed by atoms with E-state index in [9.17, 15) is 13.2 Å². The van der Waals surface area contributed by atoms with Crippen LogP contribution in [0, 0.1) is 20.8 Å². The van der Waals surface area contributed by atoms with Crippen LogP contribution < -0.4 is 9.62 Å². The number of hydrogen-bond acceptors (Lipinski definition) is 3. The summed E-state index contributed by atoms with van der Waals surface area (Å²) < 4.78 is 28.1. The molecule has 0 saturated carbocycles. The summed E-state index contributed by atoms with van der Waals surface area (Å²) in [6, 6.07) is 19.5. The van der Waals surface area contributed by atoms with Gasteiger partial charge >= 0.3 is 0 Å². The quantitative estimate of drug-likeness (QED) is 0.512. The highest BCUT2D eigenvalue weighted by Gasteiger charge is 2.27. The second-order valence-corrected chi connectivity index (χ2v) is 10.3. The van der Waals surface area contributed by atoms with Crippen LogP contribution in [-0.2, 0) is 14.8 Å². The average molecular weight is 451 g/mol. The Hall–Kier alpha value is -3.12. The molecule has 0 aliphatic carbocycles. The second kappa shape index (κ2) is 9.57. The van der Waals surface area contributed by atoms with Gasteiger partial charge in [0.15, 0.2) is 0 Å². The Morgan fingerprint density at radius 1 is 0.906 bits per heavy atom. The third-order valence-electron chi connectivity index (χ3n) is 5.41. The minimum atomic E-state index is -3.93. The smallest absolute Gasteiger partial charge is 0.264 e. The first-order chi connectivity index (χ1) is 15.1. The molecule has 6 heteroatoms. The van der Waals surface area contributed by atoms with Gasteiger partial charge in [-0.1, -0.05) is 61.9 Å². The van der Waals surface area contributed by atoms with Crippen LogP contribution in [0.15, 0.2) is 71.6 Å². The molecule has 0 aliphatic heterocycles. The first-order valence-corrected chi connectivity index (χ1v) is 12.1. The van der Waals surface area contributed by atoms with E-state index in [0.717, 1.165) is 22.3 Å². The zero-order chi connectivity index (χ0) is 23.5. The van der Waals surface area contributed by atoms with E-state index >= 15 is 0 Å². The number of nitrogens with one attached hydrogen (secondary N) is 1. The molecule has 3 aromatic carbocycles. The summed E-state index contributed by atoms with van der Waals surface area (Å²) in [6.45, 7) is 9.68. The standard InChI is InChI=1S/C26H30N2O3S/c1-18(2)22-11-13-23(14-12-22)28(32(30,31)24-9-7-6-8-10-24)17-25(29)27-26-20(4)15-19(3)16-21(26)5/h6-16,18H,17H2,1-5H3,(H,27,29). The highest BCUT2D eigenvalue weighted by molar-refractivity contribution is 7.92. The fourth-order valence-corrected chi connectivity index (χ4v) is 5.19. The number of aryl methyl sites for hydroxylation is 3. The fraction of sp³-hybridized carbons (Fsp3) is 0.269. The van der Waals surface area contributed by atoms with Gasteiger partial charge in [-0.3, -0.25) is 9.10 Å². The number of hydrogen-bond donors (Lipinski definition) is 1. The third-order valence-corrected chi connectivity index (χ3v) is 7.20. The maximum Gasteiger partial charge on any atom is 0.264 e. The van der Waals surface area contributed by atoms with Crippen LogP contribution in [0.2, 0.25) is 0 Å². The van der Waals surface area contributed by atoms with E-state index in [-0.39, 0.29) is 11.4 Å². The topological polar surface area (TPSA) is 66.5 Å². The molecule has 3 aromatic rings. The Bertz CT molecular complexity index is 1180. The molecule has 0 saturated heterocycles. The Morgan fingerprint density at radius 2 is 1.47 bits per heavy atom. The summed E-state index contributed by atoms with van der Waals surface area (Å²) in [4.78, 5) is 13.2. The van der Waals surface area contributed by atoms with Gasteiger partial charge in [-0.05, 0) is 67.6 Å². The van der Waals surface area contributed by atoms with Crippen LogP contribution in [0.4, 0.5) is 11.4 Å². The van der Waals surface area contributed by atoms with Gasteiger partial charge in [0.2, 0.25) is 5.91 Å². The van der Waals surface area contributed by atoms with Crippen molar-refractivity contribution < 1.29 is 13.2 Å². The van der Waals surface area contributed by atoms with Crippen LogP contribution >= 0.6 is 0 Å². The number of rotatable bonds is 7. The lowest BCUT2D eigenvalue weighted by Gasteiger charge is -2.25. The third kappa shape index (κ3) is 5.19. The molecular weight excluding hydrogens is 420 g/mol. The van der Waals surface area contributed by atoms with Crippen LogP contribution in [0.25, 0.3) is 0 Å². The minimum absolute atomic E-state index is 0.142. The molecule has 0 atom stereocenters. The van der Waals surface area contributed by atoms with E-state index in [0.29, 0.717) is 17.3 Å². The Morgan fingerprint density at radius 3 is 2.00 bits per heavy atom. The Kier molecular flexibility index (Phi) is 7.04. The maximum absolute atomic E-state index is 13.5. The molecular formula is C26H30N2O3S. The molecule has 168 valence electrons. The van der Waals surface area contributed by atoms with Gasteiger partial charge in [0.1, 0.15) is 6.54 Å². The normalized spacial score (nSPS) is 11.4. The average Bonchev–Trinajstić information content (AvgIpc) is 2.75. The summed E-state index contributed by atoms with van der Waals surface area (Å²) in [5.41, 5.74) is 5.25. The predicted molar refractivity (Wildman–Crippen MR) is 131 cm³/mol. The summed E-state index contributed by atoms with van der Waals surface area (Å²) in [6.07, 6.45) is 0. The maximum atomic E-state index is 13.5. The lowest BCUT2D eigenvalue weighted by atomic mass is 10.0. The highest BCUT2D eigenvalue weighted by Crippen LogP contribution is 2.27. The van der Waals surface area contributed by atoms with Gasteiger partial charge in [0.25, 0.3) is 10.0 Å². The van der Waals surface area contributed by atoms with Gasteiger partial charge in [0, 0.05) is 5.69 Å². The summed E-state index contributed by atoms with van der Waals surface area (Å²) in [7, 11) is -3.93. The number of benzene rings is 3. The number of amides is 1. The van der Waals surface area contributed by atoms with E-state index in [1.54, 1.807) is 30.3 Å². The van der Waals surface area contributed by atoms with Crippen molar-refractivity contribution in [1.29, 1.82) is 0 Å². The number of sulfonamides is 1. The van der Waals surface area contributed by atoms with Crippen LogP contribution in [0.3, 0.4) is 0 Å². The molecule has 0 heterocycles. The number of carbonyl (C=O) groups excluding carboxylic acids is 1. The van der Waals surface area contributed by atoms with Crippen molar-refractivity contribution in [2.75, 3.05) is 16.2 Å². The van der Waals surface area contributed by atoms with Crippen LogP contribution in [0.1, 0.15) is 42.0 Å². The summed E-state index contributed by atoms with van der Waals surface area (Å²) >= 11 is 0. The SMILES string of the molecule is Cc1cc(C)c(NC(=O)CN(c2ccc(C(C)C)cc2)S(=O)(=O)c2ccccc2)c(C)c1. The van der Waals surface area contributed by atoms with Gasteiger partial charge < -0.3 is 5.32 Å². The van der Waals surface area contributed by atoms with Crippen molar-refractivity contribution in [3.05, 3.63) is 89.0 Å². The zero-order valence-corrected chi connectivity index (χ0v) is 20.0. The van der Waals surface area contributed by atoms with Crippen molar-refractivity contribution in [1.82, 2.24) is 0 Å². The molecule has 3 rings (SSSR count). The fourth-order valence-electron chi connectivity index (χ4n) is 3.75. The van der Waals surface area contributed by atoms with Gasteiger partial charge in [-0.15, -0.1) is 0 Å². The summed E-state index contributed by atoms with van der Waals surface area (Å²) in [5, 5.41) is 2.91. The van der Waals surface area contributed by atoms with E-state index in [2.05, 4.69) is 19.2 Å². The predicted octanol–water partition coefficient (Wildman–Crippen LogP) is 5.57. The van der Waals surface area contributed by atoms with Gasteiger partial charge in [-0.25, -0.2) is 8.42 Å². The van der Waals surface area contributed by atoms with Crippen molar-refractivity contribution in [3.8, 4) is 0 Å². The van der Waals surface area contributed by atoms with Crippen molar-refractivity contribution in [2.24, 2.45) is 0 Å². The molecule has 0 spiro atoms. The molecule has 32 heavy (non-hydrogen) atoms. The first kappa shape index (κ1) is 23.5. The number of anilines is 2. The number of carbonyl (C=O) groups is 1. The van der Waals surface area contributed by atoms with E-state index < -0.39 is 15.9 Å². The van der Waals surface area contributed by atoms with Crippen molar-refractivity contribution >= 4 is 27.3 Å². The molecule has 0 aromatic heterocycles. The van der Waals surface area contributed by atoms with E-state index in [4.69, 9.17) is 0 Å². The second-order valence-electron chi connectivity index (χ2n) is 8.39. The molecule has 0 unspecified atom stereocenters. The monoisotopic (exact) mass is 450 g/mol. The largest absolute Gasteiger partial charge is 0.324 e. The van der Waals surface area contributed by atoms with Gasteiger partial charge in [-0.2, -0.15) is 0 Å². The molecule has 1 N–H and O–H groups in total. The molecule has 0 radical (unpaired) electrons. The minimum Gasteiger partial charge on any atom is -0.324 e. The molecule has 0 bridgehead atoms. The Balaban J connectivity index is 1.97.